The second kappa shape index (κ2) is 11.5. The Hall–Kier alpha value is -1.61. The van der Waals surface area contributed by atoms with Crippen molar-refractivity contribution in [3.8, 4) is 0 Å². The smallest absolute Gasteiger partial charge is 0.290 e. The van der Waals surface area contributed by atoms with E-state index >= 15 is 0 Å². The fourth-order valence-corrected chi connectivity index (χ4v) is 1.10. The first-order valence-electron chi connectivity index (χ1n) is 4.59. The van der Waals surface area contributed by atoms with E-state index in [9.17, 15) is 0 Å². The van der Waals surface area contributed by atoms with Crippen molar-refractivity contribution in [2.45, 2.75) is 0 Å². The van der Waals surface area contributed by atoms with Crippen molar-refractivity contribution in [2.75, 3.05) is 0 Å². The third-order valence-corrected chi connectivity index (χ3v) is 1.93. The van der Waals surface area contributed by atoms with Gasteiger partial charge in [-0.2, -0.15) is 0 Å². The molecule has 0 amide bonds. The highest BCUT2D eigenvalue weighted by Gasteiger charge is 1.74. The molecule has 0 aromatic heterocycles. The van der Waals surface area contributed by atoms with Crippen LogP contribution in [0.25, 0.3) is 0 Å². The van der Waals surface area contributed by atoms with Gasteiger partial charge >= 0.3 is 0 Å². The summed E-state index contributed by atoms with van der Waals surface area (Å²) in [5, 5.41) is 6.89. The molecule has 0 aliphatic rings. The second-order valence-electron chi connectivity index (χ2n) is 2.56. The van der Waals surface area contributed by atoms with E-state index in [1.54, 1.807) is 0 Å². The monoisotopic (exact) mass is 280 g/mol. The van der Waals surface area contributed by atoms with E-state index in [0.717, 1.165) is 4.47 Å². The molecule has 2 aromatic carbocycles. The van der Waals surface area contributed by atoms with E-state index in [2.05, 4.69) is 15.9 Å². The standard InChI is InChI=1S/C6H5Br.C6H6.CH2O2/c7-6-4-2-1-3-5-6;1-2-4-6-5-3-1;2-1-3/h1-5H;1-6H;1H,(H,2,3). The van der Waals surface area contributed by atoms with E-state index in [0.29, 0.717) is 0 Å². The van der Waals surface area contributed by atoms with Crippen LogP contribution in [0.1, 0.15) is 0 Å². The van der Waals surface area contributed by atoms with Gasteiger partial charge in [0.2, 0.25) is 0 Å². The average Bonchev–Trinajstić information content (AvgIpc) is 2.34. The highest BCUT2D eigenvalue weighted by Crippen LogP contribution is 2.05. The van der Waals surface area contributed by atoms with Crippen molar-refractivity contribution >= 4 is 22.4 Å². The van der Waals surface area contributed by atoms with Gasteiger partial charge in [0.1, 0.15) is 0 Å². The largest absolute Gasteiger partial charge is 0.483 e. The first-order chi connectivity index (χ1) is 7.81. The van der Waals surface area contributed by atoms with Gasteiger partial charge in [0, 0.05) is 4.47 Å². The van der Waals surface area contributed by atoms with Crippen LogP contribution in [0, 0.1) is 0 Å². The number of halogens is 1. The highest BCUT2D eigenvalue weighted by molar-refractivity contribution is 9.10. The summed E-state index contributed by atoms with van der Waals surface area (Å²) in [7, 11) is 0. The molecule has 0 aliphatic heterocycles. The van der Waals surface area contributed by atoms with Crippen LogP contribution in [-0.4, -0.2) is 11.6 Å². The lowest BCUT2D eigenvalue weighted by Crippen LogP contribution is -1.55. The minimum Gasteiger partial charge on any atom is -0.483 e. The lowest BCUT2D eigenvalue weighted by Gasteiger charge is -1.80. The van der Waals surface area contributed by atoms with E-state index in [4.69, 9.17) is 9.90 Å². The fraction of sp³-hybridized carbons (Fsp3) is 0. The van der Waals surface area contributed by atoms with E-state index in [1.807, 2.05) is 66.7 Å². The van der Waals surface area contributed by atoms with Gasteiger partial charge in [-0.05, 0) is 12.1 Å². The van der Waals surface area contributed by atoms with Crippen molar-refractivity contribution in [3.63, 3.8) is 0 Å². The quantitative estimate of drug-likeness (QED) is 0.745. The van der Waals surface area contributed by atoms with Crippen molar-refractivity contribution in [3.05, 3.63) is 71.2 Å². The summed E-state index contributed by atoms with van der Waals surface area (Å²) in [5.74, 6) is 0. The highest BCUT2D eigenvalue weighted by atomic mass is 79.9. The lowest BCUT2D eigenvalue weighted by molar-refractivity contribution is -0.122. The molecule has 0 saturated heterocycles. The molecule has 0 aliphatic carbocycles. The molecule has 16 heavy (non-hydrogen) atoms. The lowest BCUT2D eigenvalue weighted by atomic mass is 10.4. The Morgan fingerprint density at radius 2 is 1.06 bits per heavy atom. The molecular weight excluding hydrogens is 268 g/mol. The molecule has 0 heterocycles. The van der Waals surface area contributed by atoms with Crippen molar-refractivity contribution in [1.29, 1.82) is 0 Å². The molecule has 0 unspecified atom stereocenters. The molecular formula is C13H13BrO2. The Morgan fingerprint density at radius 3 is 1.25 bits per heavy atom. The fourth-order valence-electron chi connectivity index (χ4n) is 0.800. The van der Waals surface area contributed by atoms with Crippen LogP contribution in [-0.2, 0) is 4.79 Å². The van der Waals surface area contributed by atoms with Crippen LogP contribution in [0.15, 0.2) is 71.2 Å². The van der Waals surface area contributed by atoms with Gasteiger partial charge in [-0.1, -0.05) is 70.5 Å². The summed E-state index contributed by atoms with van der Waals surface area (Å²) < 4.78 is 1.13. The van der Waals surface area contributed by atoms with Gasteiger partial charge in [0.15, 0.2) is 0 Å². The Balaban J connectivity index is 0.000000230. The van der Waals surface area contributed by atoms with Gasteiger partial charge in [-0.25, -0.2) is 0 Å². The summed E-state index contributed by atoms with van der Waals surface area (Å²) in [4.78, 5) is 8.36. The van der Waals surface area contributed by atoms with E-state index < -0.39 is 0 Å². The molecule has 0 bridgehead atoms. The average molecular weight is 281 g/mol. The topological polar surface area (TPSA) is 37.3 Å². The van der Waals surface area contributed by atoms with Crippen LogP contribution in [0.2, 0.25) is 0 Å². The molecule has 0 radical (unpaired) electrons. The van der Waals surface area contributed by atoms with Gasteiger partial charge in [-0.15, -0.1) is 0 Å². The third-order valence-electron chi connectivity index (χ3n) is 1.40. The summed E-state index contributed by atoms with van der Waals surface area (Å²) in [6.07, 6.45) is 0. The first-order valence-corrected chi connectivity index (χ1v) is 5.39. The predicted octanol–water partition coefficient (Wildman–Crippen LogP) is 3.84. The van der Waals surface area contributed by atoms with Crippen molar-refractivity contribution in [1.82, 2.24) is 0 Å². The number of carboxylic acid groups (broad SMARTS) is 1. The summed E-state index contributed by atoms with van der Waals surface area (Å²) in [6, 6.07) is 22.0. The van der Waals surface area contributed by atoms with Crippen LogP contribution in [0.5, 0.6) is 0 Å². The molecule has 0 atom stereocenters. The number of hydrogen-bond acceptors (Lipinski definition) is 1. The molecule has 3 heteroatoms. The van der Waals surface area contributed by atoms with Crippen LogP contribution >= 0.6 is 15.9 Å². The maximum Gasteiger partial charge on any atom is 0.290 e. The van der Waals surface area contributed by atoms with Gasteiger partial charge in [0.25, 0.3) is 6.47 Å². The van der Waals surface area contributed by atoms with Crippen LogP contribution < -0.4 is 0 Å². The maximum absolute atomic E-state index is 8.36. The number of carbonyl (C=O) groups is 1. The van der Waals surface area contributed by atoms with Gasteiger partial charge in [-0.3, -0.25) is 4.79 Å². The minimum absolute atomic E-state index is 0.250. The Morgan fingerprint density at radius 1 is 0.812 bits per heavy atom. The van der Waals surface area contributed by atoms with Crippen molar-refractivity contribution < 1.29 is 9.90 Å². The summed E-state index contributed by atoms with van der Waals surface area (Å²) in [6.45, 7) is -0.250. The Labute approximate surface area is 104 Å². The van der Waals surface area contributed by atoms with E-state index in [1.165, 1.54) is 0 Å². The number of hydrogen-bond donors (Lipinski definition) is 1. The summed E-state index contributed by atoms with van der Waals surface area (Å²) >= 11 is 3.31. The zero-order valence-electron chi connectivity index (χ0n) is 8.66. The normalized spacial score (nSPS) is 7.56. The van der Waals surface area contributed by atoms with Crippen molar-refractivity contribution in [2.24, 2.45) is 0 Å². The maximum atomic E-state index is 8.36. The summed E-state index contributed by atoms with van der Waals surface area (Å²) in [5.41, 5.74) is 0. The first kappa shape index (κ1) is 14.4. The zero-order chi connectivity index (χ0) is 12.1. The zero-order valence-corrected chi connectivity index (χ0v) is 10.2. The number of rotatable bonds is 0. The molecule has 0 fully saturated rings. The molecule has 0 spiro atoms. The van der Waals surface area contributed by atoms with E-state index in [-0.39, 0.29) is 6.47 Å². The number of benzene rings is 2. The minimum atomic E-state index is -0.250. The molecule has 2 nitrogen and oxygen atoms in total. The second-order valence-corrected chi connectivity index (χ2v) is 3.47. The third kappa shape index (κ3) is 10.5. The van der Waals surface area contributed by atoms with Crippen LogP contribution in [0.4, 0.5) is 0 Å². The van der Waals surface area contributed by atoms with Crippen LogP contribution in [0.3, 0.4) is 0 Å². The Bertz CT molecular complexity index is 322. The molecule has 2 aromatic rings. The molecule has 84 valence electrons. The SMILES string of the molecule is Brc1ccccc1.O=CO.c1ccccc1. The molecule has 1 N–H and O–H groups in total. The van der Waals surface area contributed by atoms with Gasteiger partial charge < -0.3 is 5.11 Å². The molecule has 0 saturated carbocycles. The predicted molar refractivity (Wildman–Crippen MR) is 69.3 cm³/mol. The van der Waals surface area contributed by atoms with Gasteiger partial charge in [0.05, 0.1) is 0 Å². The Kier molecular flexibility index (Phi) is 10.3. The molecule has 2 rings (SSSR count).